The van der Waals surface area contributed by atoms with Crippen LogP contribution < -0.4 is 0 Å². The van der Waals surface area contributed by atoms with Gasteiger partial charge in [0.25, 0.3) is 0 Å². The molecule has 0 unspecified atom stereocenters. The van der Waals surface area contributed by atoms with Gasteiger partial charge in [-0.1, -0.05) is 13.8 Å². The maximum Gasteiger partial charge on any atom is 0.0585 e. The lowest BCUT2D eigenvalue weighted by molar-refractivity contribution is 0.00251. The molecule has 0 aromatic heterocycles. The molecule has 0 aliphatic carbocycles. The zero-order valence-electron chi connectivity index (χ0n) is 6.64. The van der Waals surface area contributed by atoms with Crippen LogP contribution in [0.1, 0.15) is 20.8 Å². The first kappa shape index (κ1) is 8.92. The van der Waals surface area contributed by atoms with Gasteiger partial charge >= 0.3 is 0 Å². The third-order valence-corrected chi connectivity index (χ3v) is 1.65. The monoisotopic (exact) mass is 132 g/mol. The van der Waals surface area contributed by atoms with Gasteiger partial charge in [0.1, 0.15) is 0 Å². The van der Waals surface area contributed by atoms with Crippen molar-refractivity contribution in [2.45, 2.75) is 26.9 Å². The molecule has 0 saturated carbocycles. The van der Waals surface area contributed by atoms with Crippen molar-refractivity contribution in [2.75, 3.05) is 13.7 Å². The summed E-state index contributed by atoms with van der Waals surface area (Å²) >= 11 is 0. The van der Waals surface area contributed by atoms with Crippen LogP contribution in [-0.2, 0) is 4.74 Å². The van der Waals surface area contributed by atoms with E-state index in [9.17, 15) is 0 Å². The average molecular weight is 132 g/mol. The van der Waals surface area contributed by atoms with E-state index in [0.717, 1.165) is 0 Å². The number of aliphatic hydroxyl groups is 1. The van der Waals surface area contributed by atoms with Crippen LogP contribution in [-0.4, -0.2) is 24.9 Å². The van der Waals surface area contributed by atoms with E-state index in [2.05, 4.69) is 0 Å². The second kappa shape index (κ2) is 3.18. The molecule has 9 heavy (non-hydrogen) atoms. The largest absolute Gasteiger partial charge is 0.393 e. The molecule has 0 rings (SSSR count). The van der Waals surface area contributed by atoms with Gasteiger partial charge in [-0.2, -0.15) is 0 Å². The summed E-state index contributed by atoms with van der Waals surface area (Å²) in [5, 5.41) is 9.13. The van der Waals surface area contributed by atoms with Crippen molar-refractivity contribution in [2.24, 2.45) is 5.41 Å². The van der Waals surface area contributed by atoms with Crippen LogP contribution in [0.4, 0.5) is 0 Å². The Kier molecular flexibility index (Phi) is 3.15. The van der Waals surface area contributed by atoms with E-state index in [4.69, 9.17) is 9.84 Å². The maximum atomic E-state index is 9.13. The summed E-state index contributed by atoms with van der Waals surface area (Å²) in [4.78, 5) is 0. The Labute approximate surface area is 56.8 Å². The van der Waals surface area contributed by atoms with Gasteiger partial charge in [0, 0.05) is 12.5 Å². The van der Waals surface area contributed by atoms with Crippen molar-refractivity contribution >= 4 is 0 Å². The zero-order chi connectivity index (χ0) is 7.49. The van der Waals surface area contributed by atoms with E-state index in [1.165, 1.54) is 0 Å². The molecule has 1 atom stereocenters. The minimum absolute atomic E-state index is 0.116. The second-order valence-electron chi connectivity index (χ2n) is 3.10. The number of methoxy groups -OCH3 is 1. The van der Waals surface area contributed by atoms with Crippen molar-refractivity contribution < 1.29 is 9.84 Å². The molecular formula is C7H16O2. The Morgan fingerprint density at radius 2 is 2.00 bits per heavy atom. The van der Waals surface area contributed by atoms with E-state index in [1.807, 2.05) is 13.8 Å². The Morgan fingerprint density at radius 1 is 1.56 bits per heavy atom. The van der Waals surface area contributed by atoms with Gasteiger partial charge in [-0.05, 0) is 6.92 Å². The van der Waals surface area contributed by atoms with Crippen molar-refractivity contribution in [1.82, 2.24) is 0 Å². The first-order valence-electron chi connectivity index (χ1n) is 3.17. The summed E-state index contributed by atoms with van der Waals surface area (Å²) in [6.45, 7) is 6.33. The maximum absolute atomic E-state index is 9.13. The Bertz CT molecular complexity index is 77.0. The van der Waals surface area contributed by atoms with Crippen molar-refractivity contribution in [3.05, 3.63) is 0 Å². The highest BCUT2D eigenvalue weighted by Gasteiger charge is 2.23. The van der Waals surface area contributed by atoms with E-state index < -0.39 is 0 Å². The number of hydrogen-bond donors (Lipinski definition) is 1. The van der Waals surface area contributed by atoms with Crippen LogP contribution in [0.3, 0.4) is 0 Å². The smallest absolute Gasteiger partial charge is 0.0585 e. The van der Waals surface area contributed by atoms with Gasteiger partial charge < -0.3 is 9.84 Å². The molecule has 0 aliphatic rings. The molecule has 2 heteroatoms. The Hall–Kier alpha value is -0.0800. The zero-order valence-corrected chi connectivity index (χ0v) is 6.64. The highest BCUT2D eigenvalue weighted by Crippen LogP contribution is 2.19. The van der Waals surface area contributed by atoms with Gasteiger partial charge in [-0.15, -0.1) is 0 Å². The molecule has 56 valence electrons. The fourth-order valence-electron chi connectivity index (χ4n) is 0.493. The van der Waals surface area contributed by atoms with Gasteiger partial charge in [0.05, 0.1) is 12.7 Å². The van der Waals surface area contributed by atoms with Gasteiger partial charge in [-0.25, -0.2) is 0 Å². The first-order valence-corrected chi connectivity index (χ1v) is 3.17. The molecule has 0 aromatic rings. The van der Waals surface area contributed by atoms with Crippen molar-refractivity contribution in [3.63, 3.8) is 0 Å². The van der Waals surface area contributed by atoms with Crippen molar-refractivity contribution in [3.8, 4) is 0 Å². The Morgan fingerprint density at radius 3 is 2.11 bits per heavy atom. The van der Waals surface area contributed by atoms with Crippen LogP contribution in [0.25, 0.3) is 0 Å². The third-order valence-electron chi connectivity index (χ3n) is 1.65. The second-order valence-corrected chi connectivity index (χ2v) is 3.10. The van der Waals surface area contributed by atoms with Crippen LogP contribution in [0.2, 0.25) is 0 Å². The molecule has 0 saturated heterocycles. The van der Waals surface area contributed by atoms with Gasteiger partial charge in [0.2, 0.25) is 0 Å². The lowest BCUT2D eigenvalue weighted by Gasteiger charge is -2.26. The van der Waals surface area contributed by atoms with Crippen LogP contribution in [0, 0.1) is 5.41 Å². The minimum Gasteiger partial charge on any atom is -0.393 e. The summed E-state index contributed by atoms with van der Waals surface area (Å²) in [6.07, 6.45) is -0.308. The summed E-state index contributed by atoms with van der Waals surface area (Å²) in [6, 6.07) is 0. The van der Waals surface area contributed by atoms with Gasteiger partial charge in [0.15, 0.2) is 0 Å². The summed E-state index contributed by atoms with van der Waals surface area (Å²) in [5.41, 5.74) is -0.116. The number of ether oxygens (including phenoxy) is 1. The number of aliphatic hydroxyl groups excluding tert-OH is 1. The fraction of sp³-hybridized carbons (Fsp3) is 1.00. The van der Waals surface area contributed by atoms with Crippen LogP contribution in [0.15, 0.2) is 0 Å². The molecule has 0 amide bonds. The molecule has 0 spiro atoms. The lowest BCUT2D eigenvalue weighted by Crippen LogP contribution is -2.30. The molecule has 0 fully saturated rings. The molecule has 0 bridgehead atoms. The van der Waals surface area contributed by atoms with E-state index in [1.54, 1.807) is 14.0 Å². The lowest BCUT2D eigenvalue weighted by atomic mass is 9.89. The Balaban J connectivity index is 3.70. The predicted molar refractivity (Wildman–Crippen MR) is 37.3 cm³/mol. The SMILES string of the molecule is COCC(C)(C)[C@@H](C)O. The molecular weight excluding hydrogens is 116 g/mol. The topological polar surface area (TPSA) is 29.5 Å². The van der Waals surface area contributed by atoms with E-state index in [-0.39, 0.29) is 11.5 Å². The molecule has 0 radical (unpaired) electrons. The summed E-state index contributed by atoms with van der Waals surface area (Å²) < 4.78 is 4.91. The average Bonchev–Trinajstić information content (AvgIpc) is 1.65. The number of hydrogen-bond acceptors (Lipinski definition) is 2. The highest BCUT2D eigenvalue weighted by molar-refractivity contribution is 4.72. The molecule has 0 aliphatic heterocycles. The van der Waals surface area contributed by atoms with Crippen molar-refractivity contribution in [1.29, 1.82) is 0 Å². The normalized spacial score (nSPS) is 15.7. The third kappa shape index (κ3) is 2.82. The first-order chi connectivity index (χ1) is 4.00. The van der Waals surface area contributed by atoms with E-state index >= 15 is 0 Å². The summed E-state index contributed by atoms with van der Waals surface area (Å²) in [5.74, 6) is 0. The van der Waals surface area contributed by atoms with E-state index in [0.29, 0.717) is 6.61 Å². The quantitative estimate of drug-likeness (QED) is 0.621. The molecule has 1 N–H and O–H groups in total. The highest BCUT2D eigenvalue weighted by atomic mass is 16.5. The standard InChI is InChI=1S/C7H16O2/c1-6(8)7(2,3)5-9-4/h6,8H,5H2,1-4H3/t6-/m1/s1. The van der Waals surface area contributed by atoms with Gasteiger partial charge in [-0.3, -0.25) is 0 Å². The van der Waals surface area contributed by atoms with Crippen LogP contribution >= 0.6 is 0 Å². The van der Waals surface area contributed by atoms with Crippen LogP contribution in [0.5, 0.6) is 0 Å². The molecule has 2 nitrogen and oxygen atoms in total. The molecule has 0 heterocycles. The minimum atomic E-state index is -0.308. The number of rotatable bonds is 3. The summed E-state index contributed by atoms with van der Waals surface area (Å²) in [7, 11) is 1.64. The predicted octanol–water partition coefficient (Wildman–Crippen LogP) is 1.04. The molecule has 0 aromatic carbocycles. The fourth-order valence-corrected chi connectivity index (χ4v) is 0.493.